The Labute approximate surface area is 379 Å². The van der Waals surface area contributed by atoms with Gasteiger partial charge in [0.2, 0.25) is 0 Å². The minimum atomic E-state index is -4.43. The van der Waals surface area contributed by atoms with Gasteiger partial charge in [-0.15, -0.1) is 10.2 Å². The van der Waals surface area contributed by atoms with Crippen molar-refractivity contribution in [2.24, 2.45) is 0 Å². The number of nitrogens with one attached hydrogen (secondary N) is 3. The fourth-order valence-electron chi connectivity index (χ4n) is 7.77. The van der Waals surface area contributed by atoms with Gasteiger partial charge in [-0.25, -0.2) is 8.78 Å². The fourth-order valence-corrected chi connectivity index (χ4v) is 8.11. The van der Waals surface area contributed by atoms with Crippen LogP contribution in [0.25, 0.3) is 21.5 Å². The molecule has 2 fully saturated rings. The van der Waals surface area contributed by atoms with Crippen molar-refractivity contribution in [2.45, 2.75) is 66.0 Å². The van der Waals surface area contributed by atoms with Crippen LogP contribution in [0.2, 0.25) is 0 Å². The molecule has 2 saturated heterocycles. The van der Waals surface area contributed by atoms with E-state index >= 15 is 0 Å². The van der Waals surface area contributed by atoms with Crippen LogP contribution >= 0.6 is 15.9 Å². The van der Waals surface area contributed by atoms with E-state index in [1.165, 1.54) is 38.1 Å². The quantitative estimate of drug-likeness (QED) is 0.134. The van der Waals surface area contributed by atoms with Gasteiger partial charge in [0.15, 0.2) is 11.6 Å². The number of halogens is 9. The zero-order chi connectivity index (χ0) is 47.2. The maximum Gasteiger partial charge on any atom is 0.416 e. The number of nitrogens with zero attached hydrogens (tertiary/aromatic N) is 5. The number of anilines is 3. The smallest absolute Gasteiger partial charge is 0.379 e. The fraction of sp³-hybridized carbons (Fsp3) is 0.391. The Morgan fingerprint density at radius 1 is 0.615 bits per heavy atom. The third-order valence-corrected chi connectivity index (χ3v) is 11.8. The molecule has 0 radical (unpaired) electrons. The van der Waals surface area contributed by atoms with Crippen LogP contribution in [-0.4, -0.2) is 73.0 Å². The average Bonchev–Trinajstić information content (AvgIpc) is 3.27. The molecule has 6 aromatic rings. The van der Waals surface area contributed by atoms with Crippen molar-refractivity contribution in [3.8, 4) is 0 Å². The van der Waals surface area contributed by atoms with Gasteiger partial charge in [-0.3, -0.25) is 0 Å². The summed E-state index contributed by atoms with van der Waals surface area (Å²) >= 11 is 3.15. The zero-order valence-corrected chi connectivity index (χ0v) is 38.1. The van der Waals surface area contributed by atoms with Gasteiger partial charge in [0.1, 0.15) is 11.6 Å². The Hall–Kier alpha value is -5.24. The number of aromatic nitrogens is 4. The molecule has 0 bridgehead atoms. The van der Waals surface area contributed by atoms with Crippen molar-refractivity contribution in [1.82, 2.24) is 25.7 Å². The van der Waals surface area contributed by atoms with Crippen molar-refractivity contribution in [3.63, 3.8) is 0 Å². The van der Waals surface area contributed by atoms with E-state index in [9.17, 15) is 35.1 Å². The molecule has 0 aliphatic carbocycles. The molecule has 10 nitrogen and oxygen atoms in total. The van der Waals surface area contributed by atoms with E-state index in [0.29, 0.717) is 87.7 Å². The molecule has 2 aromatic heterocycles. The molecule has 0 saturated carbocycles. The van der Waals surface area contributed by atoms with Gasteiger partial charge < -0.3 is 30.3 Å². The Balaban J connectivity index is 0.000000193. The van der Waals surface area contributed by atoms with E-state index in [2.05, 4.69) is 52.3 Å². The highest BCUT2D eigenvalue weighted by Gasteiger charge is 2.34. The number of aryl methyl sites for hydroxylation is 2. The van der Waals surface area contributed by atoms with Crippen LogP contribution in [0.4, 0.5) is 52.4 Å². The first-order valence-corrected chi connectivity index (χ1v) is 21.6. The standard InChI is InChI=1S/C23H24F4N4O.C19H16BrF4N3.C4H9NO/c1-13-16(5-4-6-19(13)23(25,26)27)14(2)28-22-18-12-21(31-7-9-32-10-8-31)20(24)11-17(18)15(3)29-30-22;1-9-12(5-4-6-15(9)19(22,23)24)10(2)25-18-14-7-16(20)17(21)8-13(14)11(3)26-27-18;1-3-6-4-2-5-1/h4-6,11-12,14H,7-10H2,1-3H3,(H,28,30);4-8,10H,1-3H3,(H,25,27);5H,1-4H2/t14-;10-;/m11./s1. The summed E-state index contributed by atoms with van der Waals surface area (Å²) in [4.78, 5) is 1.91. The number of hydrogen-bond donors (Lipinski definition) is 3. The molecular formula is C46H49BrF8N8O2. The summed E-state index contributed by atoms with van der Waals surface area (Å²) in [6.45, 7) is 15.9. The van der Waals surface area contributed by atoms with Crippen molar-refractivity contribution in [2.75, 3.05) is 68.1 Å². The van der Waals surface area contributed by atoms with Crippen LogP contribution in [0.15, 0.2) is 65.1 Å². The van der Waals surface area contributed by atoms with Crippen LogP contribution < -0.4 is 20.9 Å². The second-order valence-electron chi connectivity index (χ2n) is 15.7. The lowest BCUT2D eigenvalue weighted by molar-refractivity contribution is -0.138. The summed E-state index contributed by atoms with van der Waals surface area (Å²) in [6, 6.07) is 13.4. The van der Waals surface area contributed by atoms with E-state index in [1.807, 2.05) is 4.90 Å². The first-order valence-electron chi connectivity index (χ1n) is 20.8. The molecule has 348 valence electrons. The van der Waals surface area contributed by atoms with Gasteiger partial charge >= 0.3 is 12.4 Å². The summed E-state index contributed by atoms with van der Waals surface area (Å²) in [6.07, 6.45) is -8.85. The van der Waals surface area contributed by atoms with E-state index < -0.39 is 41.4 Å². The summed E-state index contributed by atoms with van der Waals surface area (Å²) in [7, 11) is 0. The van der Waals surface area contributed by atoms with Crippen molar-refractivity contribution in [1.29, 1.82) is 0 Å². The largest absolute Gasteiger partial charge is 0.416 e. The van der Waals surface area contributed by atoms with Gasteiger partial charge in [0, 0.05) is 47.7 Å². The highest BCUT2D eigenvalue weighted by molar-refractivity contribution is 9.10. The molecule has 8 rings (SSSR count). The van der Waals surface area contributed by atoms with Crippen LogP contribution in [0.1, 0.15) is 70.7 Å². The van der Waals surface area contributed by atoms with Gasteiger partial charge in [-0.1, -0.05) is 24.3 Å². The third kappa shape index (κ3) is 11.8. The molecule has 0 spiro atoms. The van der Waals surface area contributed by atoms with Gasteiger partial charge in [-0.05, 0) is 116 Å². The third-order valence-electron chi connectivity index (χ3n) is 11.2. The molecule has 2 aliphatic rings. The number of benzene rings is 4. The van der Waals surface area contributed by atoms with E-state index in [4.69, 9.17) is 9.47 Å². The summed E-state index contributed by atoms with van der Waals surface area (Å²) in [5, 5.41) is 28.5. The van der Waals surface area contributed by atoms with Crippen LogP contribution in [0.5, 0.6) is 0 Å². The molecule has 3 N–H and O–H groups in total. The minimum absolute atomic E-state index is 0.154. The lowest BCUT2D eigenvalue weighted by Crippen LogP contribution is -2.36. The Bertz CT molecular complexity index is 2610. The summed E-state index contributed by atoms with van der Waals surface area (Å²) in [5.41, 5.74) is 1.56. The highest BCUT2D eigenvalue weighted by Crippen LogP contribution is 2.38. The van der Waals surface area contributed by atoms with Crippen molar-refractivity contribution in [3.05, 3.63) is 122 Å². The molecule has 4 heterocycles. The number of rotatable bonds is 7. The SMILES string of the molecule is C1COCCN1.Cc1c([C@@H](C)Nc2nnc(C)c3cc(F)c(Br)cc23)cccc1C(F)(F)F.Cc1c([C@@H](C)Nc2nnc(C)c3cc(F)c(N4CCOCC4)cc23)cccc1C(F)(F)F. The van der Waals surface area contributed by atoms with E-state index in [-0.39, 0.29) is 21.4 Å². The number of hydrogen-bond acceptors (Lipinski definition) is 10. The molecular weight excluding hydrogens is 928 g/mol. The molecule has 2 atom stereocenters. The molecule has 0 unspecified atom stereocenters. The monoisotopic (exact) mass is 976 g/mol. The molecule has 19 heteroatoms. The highest BCUT2D eigenvalue weighted by atomic mass is 79.9. The van der Waals surface area contributed by atoms with Gasteiger partial charge in [0.25, 0.3) is 0 Å². The number of morpholine rings is 2. The van der Waals surface area contributed by atoms with Crippen LogP contribution in [-0.2, 0) is 21.8 Å². The minimum Gasteiger partial charge on any atom is -0.379 e. The molecule has 65 heavy (non-hydrogen) atoms. The topological polar surface area (TPSA) is 109 Å². The maximum absolute atomic E-state index is 14.9. The lowest BCUT2D eigenvalue weighted by Gasteiger charge is -2.29. The Kier molecular flexibility index (Phi) is 15.8. The summed E-state index contributed by atoms with van der Waals surface area (Å²) < 4.78 is 119. The normalized spacial score (nSPS) is 15.4. The predicted molar refractivity (Wildman–Crippen MR) is 239 cm³/mol. The van der Waals surface area contributed by atoms with E-state index in [1.54, 1.807) is 52.0 Å². The van der Waals surface area contributed by atoms with E-state index in [0.717, 1.165) is 38.4 Å². The van der Waals surface area contributed by atoms with Gasteiger partial charge in [0.05, 0.1) is 71.2 Å². The van der Waals surface area contributed by atoms with Crippen LogP contribution in [0.3, 0.4) is 0 Å². The summed E-state index contributed by atoms with van der Waals surface area (Å²) in [5.74, 6) is -0.0143. The van der Waals surface area contributed by atoms with Gasteiger partial charge in [-0.2, -0.15) is 36.5 Å². The molecule has 2 aliphatic heterocycles. The second kappa shape index (κ2) is 20.9. The predicted octanol–water partition coefficient (Wildman–Crippen LogP) is 11.4. The van der Waals surface area contributed by atoms with Crippen molar-refractivity contribution < 1.29 is 44.6 Å². The molecule has 4 aromatic carbocycles. The first-order chi connectivity index (χ1) is 30.8. The Morgan fingerprint density at radius 2 is 1.06 bits per heavy atom. The van der Waals surface area contributed by atoms with Crippen molar-refractivity contribution >= 4 is 54.8 Å². The maximum atomic E-state index is 14.9. The average molecular weight is 978 g/mol. The lowest BCUT2D eigenvalue weighted by atomic mass is 9.97. The Morgan fingerprint density at radius 3 is 1.49 bits per heavy atom. The number of fused-ring (bicyclic) bond motifs is 2. The number of alkyl halides is 6. The second-order valence-corrected chi connectivity index (χ2v) is 16.5. The number of ether oxygens (including phenoxy) is 2. The first kappa shape index (κ1) is 49.2. The zero-order valence-electron chi connectivity index (χ0n) is 36.5. The molecule has 0 amide bonds. The van der Waals surface area contributed by atoms with Crippen LogP contribution in [0, 0.1) is 39.3 Å².